The summed E-state index contributed by atoms with van der Waals surface area (Å²) in [5.41, 5.74) is 2.06. The smallest absolute Gasteiger partial charge is 0.274 e. The standard InChI is InChI=1S/C22H16FN5O2S/c1-13-10-19(28(27-13)16-5-3-4-15(12-16)24-2)21(30)26-18-11-14(6-7-17(18)23)20(29)22-25-8-9-31-22/h3-12,20,29H,1H3,(H,26,30). The second kappa shape index (κ2) is 8.47. The summed E-state index contributed by atoms with van der Waals surface area (Å²) in [6.45, 7) is 8.91. The molecule has 0 fully saturated rings. The van der Waals surface area contributed by atoms with Crippen molar-refractivity contribution < 1.29 is 14.3 Å². The molecule has 2 aromatic carbocycles. The Labute approximate surface area is 181 Å². The average molecular weight is 433 g/mol. The lowest BCUT2D eigenvalue weighted by Gasteiger charge is -2.13. The van der Waals surface area contributed by atoms with Gasteiger partial charge in [0.2, 0.25) is 0 Å². The Kier molecular flexibility index (Phi) is 5.58. The molecule has 0 spiro atoms. The Morgan fingerprint density at radius 3 is 2.87 bits per heavy atom. The molecular formula is C22H16FN5O2S. The van der Waals surface area contributed by atoms with Crippen molar-refractivity contribution in [1.29, 1.82) is 0 Å². The first-order valence-electron chi connectivity index (χ1n) is 9.19. The number of aliphatic hydroxyl groups excluding tert-OH is 1. The van der Waals surface area contributed by atoms with Crippen molar-refractivity contribution >= 4 is 28.6 Å². The van der Waals surface area contributed by atoms with Crippen LogP contribution >= 0.6 is 11.3 Å². The summed E-state index contributed by atoms with van der Waals surface area (Å²) in [7, 11) is 0. The van der Waals surface area contributed by atoms with E-state index in [0.717, 1.165) is 0 Å². The number of nitrogens with one attached hydrogen (secondary N) is 1. The van der Waals surface area contributed by atoms with Crippen LogP contribution in [0.5, 0.6) is 0 Å². The van der Waals surface area contributed by atoms with Crippen molar-refractivity contribution in [3.8, 4) is 5.69 Å². The first kappa shape index (κ1) is 20.4. The van der Waals surface area contributed by atoms with E-state index in [0.29, 0.717) is 27.6 Å². The molecule has 4 aromatic rings. The van der Waals surface area contributed by atoms with Gasteiger partial charge in [0.25, 0.3) is 5.91 Å². The van der Waals surface area contributed by atoms with Gasteiger partial charge >= 0.3 is 0 Å². The van der Waals surface area contributed by atoms with Crippen LogP contribution in [0.2, 0.25) is 0 Å². The van der Waals surface area contributed by atoms with Gasteiger partial charge in [0.05, 0.1) is 23.6 Å². The normalized spacial score (nSPS) is 11.7. The van der Waals surface area contributed by atoms with Crippen molar-refractivity contribution in [1.82, 2.24) is 14.8 Å². The van der Waals surface area contributed by atoms with E-state index in [1.165, 1.54) is 34.2 Å². The Bertz CT molecular complexity index is 1290. The fraction of sp³-hybridized carbons (Fsp3) is 0.0909. The summed E-state index contributed by atoms with van der Waals surface area (Å²) in [4.78, 5) is 20.4. The number of carbonyl (C=O) groups excluding carboxylic acids is 1. The van der Waals surface area contributed by atoms with Gasteiger partial charge in [0.15, 0.2) is 5.69 Å². The average Bonchev–Trinajstić information content (AvgIpc) is 3.45. The molecule has 7 nitrogen and oxygen atoms in total. The number of rotatable bonds is 5. The highest BCUT2D eigenvalue weighted by Crippen LogP contribution is 2.27. The SMILES string of the molecule is [C-]#[N+]c1cccc(-n2nc(C)cc2C(=O)Nc2cc(C(O)c3nccs3)ccc2F)c1. The molecular weight excluding hydrogens is 417 g/mol. The van der Waals surface area contributed by atoms with Gasteiger partial charge in [-0.3, -0.25) is 4.79 Å². The minimum absolute atomic E-state index is 0.0709. The number of nitrogens with zero attached hydrogens (tertiary/aromatic N) is 4. The van der Waals surface area contributed by atoms with E-state index in [4.69, 9.17) is 6.57 Å². The van der Waals surface area contributed by atoms with Crippen molar-refractivity contribution in [2.24, 2.45) is 0 Å². The highest BCUT2D eigenvalue weighted by molar-refractivity contribution is 7.09. The summed E-state index contributed by atoms with van der Waals surface area (Å²) in [6.07, 6.45) is 0.544. The van der Waals surface area contributed by atoms with Crippen LogP contribution < -0.4 is 5.32 Å². The topological polar surface area (TPSA) is 84.4 Å². The van der Waals surface area contributed by atoms with Crippen molar-refractivity contribution in [2.45, 2.75) is 13.0 Å². The summed E-state index contributed by atoms with van der Waals surface area (Å²) in [6, 6.07) is 12.3. The molecule has 2 heterocycles. The molecule has 0 aliphatic rings. The molecule has 0 saturated carbocycles. The third kappa shape index (κ3) is 4.21. The summed E-state index contributed by atoms with van der Waals surface area (Å²) in [5.74, 6) is -1.21. The number of aryl methyl sites for hydroxylation is 1. The third-order valence-electron chi connectivity index (χ3n) is 4.51. The summed E-state index contributed by atoms with van der Waals surface area (Å²) >= 11 is 1.28. The van der Waals surface area contributed by atoms with Gasteiger partial charge in [0.1, 0.15) is 22.6 Å². The maximum atomic E-state index is 14.4. The molecule has 1 unspecified atom stereocenters. The van der Waals surface area contributed by atoms with Gasteiger partial charge in [-0.1, -0.05) is 18.2 Å². The van der Waals surface area contributed by atoms with E-state index in [2.05, 4.69) is 20.2 Å². The zero-order valence-corrected chi connectivity index (χ0v) is 17.1. The molecule has 0 aliphatic carbocycles. The number of aromatic nitrogens is 3. The molecule has 31 heavy (non-hydrogen) atoms. The van der Waals surface area contributed by atoms with Gasteiger partial charge in [-0.2, -0.15) is 5.10 Å². The Balaban J connectivity index is 1.65. The maximum absolute atomic E-state index is 14.4. The monoisotopic (exact) mass is 433 g/mol. The number of aliphatic hydroxyl groups is 1. The highest BCUT2D eigenvalue weighted by atomic mass is 32.1. The molecule has 1 atom stereocenters. The van der Waals surface area contributed by atoms with E-state index >= 15 is 0 Å². The quantitative estimate of drug-likeness (QED) is 0.448. The molecule has 154 valence electrons. The lowest BCUT2D eigenvalue weighted by atomic mass is 10.1. The molecule has 0 saturated heterocycles. The molecule has 1 amide bonds. The van der Waals surface area contributed by atoms with E-state index in [1.54, 1.807) is 48.8 Å². The van der Waals surface area contributed by atoms with Gasteiger partial charge < -0.3 is 10.4 Å². The molecule has 0 radical (unpaired) electrons. The minimum atomic E-state index is -1.03. The molecule has 9 heteroatoms. The zero-order chi connectivity index (χ0) is 22.0. The fourth-order valence-electron chi connectivity index (χ4n) is 3.06. The van der Waals surface area contributed by atoms with Crippen molar-refractivity contribution in [3.05, 3.63) is 99.3 Å². The van der Waals surface area contributed by atoms with E-state index in [9.17, 15) is 14.3 Å². The lowest BCUT2D eigenvalue weighted by molar-refractivity contribution is 0.101. The molecule has 0 bridgehead atoms. The zero-order valence-electron chi connectivity index (χ0n) is 16.3. The minimum Gasteiger partial charge on any atom is -0.381 e. The Morgan fingerprint density at radius 2 is 2.13 bits per heavy atom. The number of hydrogen-bond acceptors (Lipinski definition) is 5. The lowest BCUT2D eigenvalue weighted by Crippen LogP contribution is -2.18. The number of thiazole rings is 1. The van der Waals surface area contributed by atoms with E-state index < -0.39 is 17.8 Å². The number of benzene rings is 2. The predicted octanol–water partition coefficient (Wildman–Crippen LogP) is 4.66. The van der Waals surface area contributed by atoms with Crippen LogP contribution in [0, 0.1) is 19.3 Å². The summed E-state index contributed by atoms with van der Waals surface area (Å²) in [5, 5.41) is 19.6. The second-order valence-electron chi connectivity index (χ2n) is 6.68. The fourth-order valence-corrected chi connectivity index (χ4v) is 3.71. The van der Waals surface area contributed by atoms with Crippen LogP contribution in [0.4, 0.5) is 15.8 Å². The van der Waals surface area contributed by atoms with E-state index in [-0.39, 0.29) is 11.4 Å². The highest BCUT2D eigenvalue weighted by Gasteiger charge is 2.19. The molecule has 2 aromatic heterocycles. The van der Waals surface area contributed by atoms with Crippen LogP contribution in [0.25, 0.3) is 10.5 Å². The Morgan fingerprint density at radius 1 is 1.29 bits per heavy atom. The first-order chi connectivity index (χ1) is 15.0. The van der Waals surface area contributed by atoms with Gasteiger partial charge in [-0.15, -0.1) is 11.3 Å². The Hall–Kier alpha value is -3.87. The third-order valence-corrected chi connectivity index (χ3v) is 5.34. The number of amides is 1. The van der Waals surface area contributed by atoms with Gasteiger partial charge in [-0.25, -0.2) is 18.9 Å². The van der Waals surface area contributed by atoms with Crippen molar-refractivity contribution in [2.75, 3.05) is 5.32 Å². The number of hydrogen-bond donors (Lipinski definition) is 2. The maximum Gasteiger partial charge on any atom is 0.274 e. The van der Waals surface area contributed by atoms with E-state index in [1.807, 2.05) is 0 Å². The van der Waals surface area contributed by atoms with Crippen LogP contribution in [-0.4, -0.2) is 25.8 Å². The van der Waals surface area contributed by atoms with Gasteiger partial charge in [-0.05, 0) is 42.8 Å². The largest absolute Gasteiger partial charge is 0.381 e. The molecule has 0 aliphatic heterocycles. The number of halogens is 1. The van der Waals surface area contributed by atoms with Gasteiger partial charge in [0, 0.05) is 11.6 Å². The molecule has 2 N–H and O–H groups in total. The van der Waals surface area contributed by atoms with Crippen LogP contribution in [0.15, 0.2) is 60.1 Å². The second-order valence-corrected chi connectivity index (χ2v) is 7.61. The summed E-state index contributed by atoms with van der Waals surface area (Å²) < 4.78 is 15.8. The van der Waals surface area contributed by atoms with Crippen LogP contribution in [-0.2, 0) is 0 Å². The first-order valence-corrected chi connectivity index (χ1v) is 10.1. The number of carbonyl (C=O) groups is 1. The van der Waals surface area contributed by atoms with Crippen LogP contribution in [0.1, 0.15) is 32.9 Å². The van der Waals surface area contributed by atoms with Crippen molar-refractivity contribution in [3.63, 3.8) is 0 Å². The molecule has 4 rings (SSSR count). The number of anilines is 1. The van der Waals surface area contributed by atoms with Crippen LogP contribution in [0.3, 0.4) is 0 Å². The predicted molar refractivity (Wildman–Crippen MR) is 115 cm³/mol.